The topological polar surface area (TPSA) is 51.2 Å². The van der Waals surface area contributed by atoms with Crippen molar-refractivity contribution in [1.82, 2.24) is 4.90 Å². The highest BCUT2D eigenvalue weighted by Gasteiger charge is 2.36. The number of benzene rings is 3. The number of likely N-dealkylation sites (N-methyl/N-ethyl adjacent to an activating group) is 1. The second-order valence-electron chi connectivity index (χ2n) is 8.08. The molecule has 0 saturated carbocycles. The molecule has 192 valence electrons. The molecule has 1 heterocycles. The molecule has 0 aliphatic carbocycles. The van der Waals surface area contributed by atoms with Crippen molar-refractivity contribution in [1.29, 1.82) is 0 Å². The number of hydrogen-bond acceptors (Lipinski definition) is 5. The summed E-state index contributed by atoms with van der Waals surface area (Å²) in [7, 11) is 1.75. The largest absolute Gasteiger partial charge is 0.494 e. The van der Waals surface area contributed by atoms with E-state index >= 15 is 0 Å². The minimum absolute atomic E-state index is 0.0400. The van der Waals surface area contributed by atoms with E-state index in [1.54, 1.807) is 54.4 Å². The molecule has 0 N–H and O–H groups in total. The SMILES string of the molecule is CCOc1ccc(N2C(=O)/C(=C/c3cc(Br)c(OCc4ccccc4F)c(OCC)c3)N(C)C2=S)cc1. The van der Waals surface area contributed by atoms with Crippen LogP contribution in [0.5, 0.6) is 17.2 Å². The van der Waals surface area contributed by atoms with E-state index in [1.165, 1.54) is 11.0 Å². The molecule has 6 nitrogen and oxygen atoms in total. The smallest absolute Gasteiger partial charge is 0.281 e. The molecule has 1 saturated heterocycles. The maximum absolute atomic E-state index is 14.1. The van der Waals surface area contributed by atoms with Gasteiger partial charge in [0.1, 0.15) is 23.9 Å². The van der Waals surface area contributed by atoms with Crippen molar-refractivity contribution in [2.45, 2.75) is 20.5 Å². The Bertz CT molecular complexity index is 1350. The fourth-order valence-electron chi connectivity index (χ4n) is 3.84. The van der Waals surface area contributed by atoms with Gasteiger partial charge in [0.05, 0.1) is 23.4 Å². The van der Waals surface area contributed by atoms with Crippen LogP contribution in [0.4, 0.5) is 10.1 Å². The van der Waals surface area contributed by atoms with Gasteiger partial charge < -0.3 is 19.1 Å². The number of halogens is 2. The Kier molecular flexibility index (Phi) is 8.45. The molecular weight excluding hydrogens is 559 g/mol. The molecule has 37 heavy (non-hydrogen) atoms. The zero-order chi connectivity index (χ0) is 26.5. The van der Waals surface area contributed by atoms with Crippen molar-refractivity contribution in [3.8, 4) is 17.2 Å². The van der Waals surface area contributed by atoms with Gasteiger partial charge in [0, 0.05) is 12.6 Å². The molecular formula is C28H26BrFN2O4S. The number of nitrogens with zero attached hydrogens (tertiary/aromatic N) is 2. The molecule has 0 aromatic heterocycles. The predicted octanol–water partition coefficient (Wildman–Crippen LogP) is 6.57. The number of ether oxygens (including phenoxy) is 3. The number of carbonyl (C=O) groups excluding carboxylic acids is 1. The van der Waals surface area contributed by atoms with E-state index in [4.69, 9.17) is 26.4 Å². The summed E-state index contributed by atoms with van der Waals surface area (Å²) >= 11 is 9.12. The minimum atomic E-state index is -0.339. The Balaban J connectivity index is 1.62. The van der Waals surface area contributed by atoms with Gasteiger partial charge in [-0.1, -0.05) is 18.2 Å². The highest BCUT2D eigenvalue weighted by atomic mass is 79.9. The van der Waals surface area contributed by atoms with Gasteiger partial charge in [0.2, 0.25) is 0 Å². The molecule has 1 fully saturated rings. The Morgan fingerprint density at radius 3 is 2.38 bits per heavy atom. The van der Waals surface area contributed by atoms with Crippen molar-refractivity contribution in [3.05, 3.63) is 87.8 Å². The van der Waals surface area contributed by atoms with Crippen molar-refractivity contribution >= 4 is 50.9 Å². The van der Waals surface area contributed by atoms with E-state index < -0.39 is 0 Å². The van der Waals surface area contributed by atoms with Gasteiger partial charge in [-0.2, -0.15) is 0 Å². The third kappa shape index (κ3) is 5.78. The van der Waals surface area contributed by atoms with Crippen LogP contribution in [-0.2, 0) is 11.4 Å². The average molecular weight is 585 g/mol. The van der Waals surface area contributed by atoms with Crippen LogP contribution in [0.3, 0.4) is 0 Å². The molecule has 3 aromatic rings. The van der Waals surface area contributed by atoms with Crippen LogP contribution in [-0.4, -0.2) is 36.2 Å². The van der Waals surface area contributed by atoms with Crippen LogP contribution in [0.25, 0.3) is 6.08 Å². The number of anilines is 1. The summed E-state index contributed by atoms with van der Waals surface area (Å²) < 4.78 is 31.9. The van der Waals surface area contributed by atoms with Crippen molar-refractivity contribution in [3.63, 3.8) is 0 Å². The highest BCUT2D eigenvalue weighted by molar-refractivity contribution is 9.10. The van der Waals surface area contributed by atoms with Gasteiger partial charge in [-0.3, -0.25) is 9.69 Å². The van der Waals surface area contributed by atoms with Gasteiger partial charge in [-0.25, -0.2) is 4.39 Å². The number of carbonyl (C=O) groups is 1. The Morgan fingerprint density at radius 2 is 1.70 bits per heavy atom. The van der Waals surface area contributed by atoms with Crippen LogP contribution in [0, 0.1) is 5.82 Å². The van der Waals surface area contributed by atoms with Crippen LogP contribution in [0.1, 0.15) is 25.0 Å². The molecule has 1 aliphatic heterocycles. The van der Waals surface area contributed by atoms with Crippen molar-refractivity contribution in [2.24, 2.45) is 0 Å². The first kappa shape index (κ1) is 26.6. The first-order valence-corrected chi connectivity index (χ1v) is 12.9. The van der Waals surface area contributed by atoms with Crippen LogP contribution in [0.2, 0.25) is 0 Å². The van der Waals surface area contributed by atoms with E-state index in [1.807, 2.05) is 32.0 Å². The molecule has 4 rings (SSSR count). The van der Waals surface area contributed by atoms with Gasteiger partial charge in [-0.15, -0.1) is 0 Å². The Morgan fingerprint density at radius 1 is 1.00 bits per heavy atom. The van der Waals surface area contributed by atoms with E-state index in [9.17, 15) is 9.18 Å². The summed E-state index contributed by atoms with van der Waals surface area (Å²) in [5.41, 5.74) is 2.21. The zero-order valence-corrected chi connectivity index (χ0v) is 23.1. The van der Waals surface area contributed by atoms with Crippen LogP contribution >= 0.6 is 28.1 Å². The Labute approximate surface area is 229 Å². The van der Waals surface area contributed by atoms with E-state index in [0.717, 1.165) is 5.75 Å². The number of rotatable bonds is 9. The molecule has 0 bridgehead atoms. The second-order valence-corrected chi connectivity index (χ2v) is 9.30. The molecule has 0 spiro atoms. The standard InChI is InChI=1S/C28H26BrFN2O4S/c1-4-34-21-12-10-20(11-13-21)32-27(33)24(31(3)28(32)37)15-18-14-22(29)26(25(16-18)35-5-2)36-17-19-8-6-7-9-23(19)30/h6-16H,4-5,17H2,1-3H3/b24-15-. The van der Waals surface area contributed by atoms with Gasteiger partial charge in [0.25, 0.3) is 5.91 Å². The van der Waals surface area contributed by atoms with E-state index in [-0.39, 0.29) is 18.3 Å². The van der Waals surface area contributed by atoms with Crippen molar-refractivity contribution in [2.75, 3.05) is 25.2 Å². The van der Waals surface area contributed by atoms with Gasteiger partial charge in [0.15, 0.2) is 16.6 Å². The summed E-state index contributed by atoms with van der Waals surface area (Å²) in [5, 5.41) is 0.370. The fraction of sp³-hybridized carbons (Fsp3) is 0.214. The molecule has 0 unspecified atom stereocenters. The first-order chi connectivity index (χ1) is 17.8. The third-order valence-corrected chi connectivity index (χ3v) is 6.68. The summed E-state index contributed by atoms with van der Waals surface area (Å²) in [4.78, 5) is 16.5. The third-order valence-electron chi connectivity index (χ3n) is 5.63. The molecule has 0 radical (unpaired) electrons. The van der Waals surface area contributed by atoms with Crippen molar-refractivity contribution < 1.29 is 23.4 Å². The lowest BCUT2D eigenvalue weighted by Crippen LogP contribution is -2.31. The number of amides is 1. The van der Waals surface area contributed by atoms with Gasteiger partial charge >= 0.3 is 0 Å². The molecule has 3 aromatic carbocycles. The Hall–Kier alpha value is -3.43. The lowest BCUT2D eigenvalue weighted by molar-refractivity contribution is -0.114. The molecule has 1 aliphatic rings. The van der Waals surface area contributed by atoms with Gasteiger partial charge in [-0.05, 0) is 96.1 Å². The number of hydrogen-bond donors (Lipinski definition) is 0. The summed E-state index contributed by atoms with van der Waals surface area (Å²) in [6, 6.07) is 17.3. The second kappa shape index (κ2) is 11.7. The maximum Gasteiger partial charge on any atom is 0.281 e. The van der Waals surface area contributed by atoms with Crippen LogP contribution < -0.4 is 19.1 Å². The summed E-state index contributed by atoms with van der Waals surface area (Å²) in [6.45, 7) is 4.77. The maximum atomic E-state index is 14.1. The minimum Gasteiger partial charge on any atom is -0.494 e. The summed E-state index contributed by atoms with van der Waals surface area (Å²) in [6.07, 6.45) is 1.75. The predicted molar refractivity (Wildman–Crippen MR) is 149 cm³/mol. The molecule has 1 amide bonds. The summed E-state index contributed by atoms with van der Waals surface area (Å²) in [5.74, 6) is 1.06. The number of thiocarbonyl (C=S) groups is 1. The van der Waals surface area contributed by atoms with E-state index in [2.05, 4.69) is 15.9 Å². The monoisotopic (exact) mass is 584 g/mol. The van der Waals surface area contributed by atoms with E-state index in [0.29, 0.717) is 56.8 Å². The zero-order valence-electron chi connectivity index (χ0n) is 20.7. The molecule has 0 atom stereocenters. The first-order valence-electron chi connectivity index (χ1n) is 11.7. The van der Waals surface area contributed by atoms with Crippen LogP contribution in [0.15, 0.2) is 70.8 Å². The quantitative estimate of drug-likeness (QED) is 0.209. The highest BCUT2D eigenvalue weighted by Crippen LogP contribution is 2.39. The molecule has 9 heteroatoms. The lowest BCUT2D eigenvalue weighted by atomic mass is 10.1. The fourth-order valence-corrected chi connectivity index (χ4v) is 4.70. The normalized spacial score (nSPS) is 14.5. The average Bonchev–Trinajstić information content (AvgIpc) is 3.08. The lowest BCUT2D eigenvalue weighted by Gasteiger charge is -2.17.